The predicted octanol–water partition coefficient (Wildman–Crippen LogP) is 3.00. The van der Waals surface area contributed by atoms with E-state index in [0.29, 0.717) is 19.4 Å². The third kappa shape index (κ3) is 3.75. The van der Waals surface area contributed by atoms with Crippen LogP contribution in [0.25, 0.3) is 0 Å². The van der Waals surface area contributed by atoms with Crippen LogP contribution in [0.15, 0.2) is 18.5 Å². The summed E-state index contributed by atoms with van der Waals surface area (Å²) in [4.78, 5) is 14.7. The third-order valence-corrected chi connectivity index (χ3v) is 3.69. The zero-order chi connectivity index (χ0) is 13.9. The molecule has 6 heteroatoms. The van der Waals surface area contributed by atoms with Crippen LogP contribution in [0.3, 0.4) is 0 Å². The van der Waals surface area contributed by atoms with Gasteiger partial charge in [-0.15, -0.1) is 0 Å². The lowest BCUT2D eigenvalue weighted by Crippen LogP contribution is -2.35. The SMILES string of the molecule is O=C(NCc1cc[nH]c1)C1CCC(C(F)(F)F)CC1. The number of aromatic nitrogens is 1. The summed E-state index contributed by atoms with van der Waals surface area (Å²) in [7, 11) is 0. The molecular formula is C13H17F3N2O. The standard InChI is InChI=1S/C13H17F3N2O/c14-13(15,16)11-3-1-10(2-4-11)12(19)18-8-9-5-6-17-7-9/h5-7,10-11,17H,1-4,8H2,(H,18,19). The molecule has 0 saturated heterocycles. The Morgan fingerprint density at radius 2 is 2.00 bits per heavy atom. The fraction of sp³-hybridized carbons (Fsp3) is 0.615. The van der Waals surface area contributed by atoms with Crippen molar-refractivity contribution in [2.45, 2.75) is 38.4 Å². The van der Waals surface area contributed by atoms with E-state index in [-0.39, 0.29) is 24.7 Å². The third-order valence-electron chi connectivity index (χ3n) is 3.69. The number of rotatable bonds is 3. The molecule has 19 heavy (non-hydrogen) atoms. The van der Waals surface area contributed by atoms with E-state index in [1.54, 1.807) is 12.4 Å². The van der Waals surface area contributed by atoms with Gasteiger partial charge in [-0.2, -0.15) is 13.2 Å². The van der Waals surface area contributed by atoms with Crippen LogP contribution < -0.4 is 5.32 Å². The molecule has 2 rings (SSSR count). The van der Waals surface area contributed by atoms with Gasteiger partial charge < -0.3 is 10.3 Å². The van der Waals surface area contributed by atoms with Crippen molar-refractivity contribution in [1.29, 1.82) is 0 Å². The van der Waals surface area contributed by atoms with Crippen LogP contribution in [0.5, 0.6) is 0 Å². The second kappa shape index (κ2) is 5.67. The summed E-state index contributed by atoms with van der Waals surface area (Å²) < 4.78 is 37.5. The van der Waals surface area contributed by atoms with Gasteiger partial charge in [-0.05, 0) is 37.3 Å². The van der Waals surface area contributed by atoms with Crippen LogP contribution in [0.1, 0.15) is 31.2 Å². The van der Waals surface area contributed by atoms with Crippen molar-refractivity contribution < 1.29 is 18.0 Å². The summed E-state index contributed by atoms with van der Waals surface area (Å²) in [5.41, 5.74) is 0.956. The first kappa shape index (κ1) is 14.0. The van der Waals surface area contributed by atoms with Crippen molar-refractivity contribution in [2.75, 3.05) is 0 Å². The highest BCUT2D eigenvalue weighted by Crippen LogP contribution is 2.39. The number of nitrogens with one attached hydrogen (secondary N) is 2. The van der Waals surface area contributed by atoms with Crippen LogP contribution >= 0.6 is 0 Å². The minimum absolute atomic E-state index is 0.0613. The highest BCUT2D eigenvalue weighted by Gasteiger charge is 2.42. The topological polar surface area (TPSA) is 44.9 Å². The quantitative estimate of drug-likeness (QED) is 0.874. The summed E-state index contributed by atoms with van der Waals surface area (Å²) in [6, 6.07) is 1.85. The molecule has 2 N–H and O–H groups in total. The van der Waals surface area contributed by atoms with Gasteiger partial charge in [-0.1, -0.05) is 0 Å². The second-order valence-electron chi connectivity index (χ2n) is 5.03. The number of hydrogen-bond acceptors (Lipinski definition) is 1. The van der Waals surface area contributed by atoms with E-state index in [2.05, 4.69) is 10.3 Å². The average Bonchev–Trinajstić information content (AvgIpc) is 2.88. The number of aromatic amines is 1. The first-order chi connectivity index (χ1) is 8.97. The maximum atomic E-state index is 12.5. The van der Waals surface area contributed by atoms with Crippen LogP contribution in [0.2, 0.25) is 0 Å². The predicted molar refractivity (Wildman–Crippen MR) is 64.1 cm³/mol. The van der Waals surface area contributed by atoms with Gasteiger partial charge in [0.05, 0.1) is 5.92 Å². The maximum absolute atomic E-state index is 12.5. The van der Waals surface area contributed by atoms with Crippen LogP contribution in [0, 0.1) is 11.8 Å². The number of alkyl halides is 3. The van der Waals surface area contributed by atoms with Gasteiger partial charge in [0.1, 0.15) is 0 Å². The minimum atomic E-state index is -4.12. The molecule has 1 aliphatic carbocycles. The van der Waals surface area contributed by atoms with E-state index >= 15 is 0 Å². The summed E-state index contributed by atoms with van der Waals surface area (Å²) in [6.45, 7) is 0.418. The Morgan fingerprint density at radius 3 is 2.53 bits per heavy atom. The number of carbonyl (C=O) groups is 1. The average molecular weight is 274 g/mol. The van der Waals surface area contributed by atoms with Crippen molar-refractivity contribution in [1.82, 2.24) is 10.3 Å². The van der Waals surface area contributed by atoms with Gasteiger partial charge in [-0.25, -0.2) is 0 Å². The molecule has 1 heterocycles. The van der Waals surface area contributed by atoms with Gasteiger partial charge in [-0.3, -0.25) is 4.79 Å². The highest BCUT2D eigenvalue weighted by atomic mass is 19.4. The zero-order valence-corrected chi connectivity index (χ0v) is 10.5. The number of amides is 1. The fourth-order valence-corrected chi connectivity index (χ4v) is 2.48. The van der Waals surface area contributed by atoms with E-state index in [1.165, 1.54) is 0 Å². The van der Waals surface area contributed by atoms with E-state index in [0.717, 1.165) is 5.56 Å². The fourth-order valence-electron chi connectivity index (χ4n) is 2.48. The molecule has 0 spiro atoms. The molecule has 0 bridgehead atoms. The Bertz CT molecular complexity index is 406. The van der Waals surface area contributed by atoms with Crippen molar-refractivity contribution in [2.24, 2.45) is 11.8 Å². The molecule has 106 valence electrons. The molecule has 3 nitrogen and oxygen atoms in total. The second-order valence-corrected chi connectivity index (χ2v) is 5.03. The van der Waals surface area contributed by atoms with Crippen molar-refractivity contribution in [3.05, 3.63) is 24.0 Å². The number of carbonyl (C=O) groups excluding carboxylic acids is 1. The molecule has 1 aliphatic rings. The monoisotopic (exact) mass is 274 g/mol. The lowest BCUT2D eigenvalue weighted by molar-refractivity contribution is -0.184. The molecule has 0 radical (unpaired) electrons. The summed E-state index contributed by atoms with van der Waals surface area (Å²) in [6.07, 6.45) is 0.188. The smallest absolute Gasteiger partial charge is 0.367 e. The van der Waals surface area contributed by atoms with Crippen molar-refractivity contribution in [3.8, 4) is 0 Å². The largest absolute Gasteiger partial charge is 0.391 e. The molecule has 1 aromatic rings. The summed E-state index contributed by atoms with van der Waals surface area (Å²) >= 11 is 0. The lowest BCUT2D eigenvalue weighted by Gasteiger charge is -2.29. The van der Waals surface area contributed by atoms with Crippen molar-refractivity contribution >= 4 is 5.91 Å². The molecule has 1 aromatic heterocycles. The Morgan fingerprint density at radius 1 is 1.32 bits per heavy atom. The Labute approximate surface area is 109 Å². The van der Waals surface area contributed by atoms with E-state index in [4.69, 9.17) is 0 Å². The highest BCUT2D eigenvalue weighted by molar-refractivity contribution is 5.78. The van der Waals surface area contributed by atoms with Gasteiger partial charge in [0, 0.05) is 24.9 Å². The summed E-state index contributed by atoms with van der Waals surface area (Å²) in [5.74, 6) is -1.65. The van der Waals surface area contributed by atoms with Crippen LogP contribution in [0.4, 0.5) is 13.2 Å². The lowest BCUT2D eigenvalue weighted by atomic mass is 9.81. The number of halogens is 3. The molecule has 0 unspecified atom stereocenters. The molecule has 0 aliphatic heterocycles. The van der Waals surface area contributed by atoms with Crippen LogP contribution in [-0.4, -0.2) is 17.1 Å². The molecule has 0 atom stereocenters. The Kier molecular flexibility index (Phi) is 4.17. The van der Waals surface area contributed by atoms with Gasteiger partial charge in [0.25, 0.3) is 0 Å². The molecule has 1 saturated carbocycles. The van der Waals surface area contributed by atoms with E-state index < -0.39 is 12.1 Å². The molecule has 1 amide bonds. The van der Waals surface area contributed by atoms with Gasteiger partial charge in [0.2, 0.25) is 5.91 Å². The van der Waals surface area contributed by atoms with E-state index in [9.17, 15) is 18.0 Å². The van der Waals surface area contributed by atoms with Crippen molar-refractivity contribution in [3.63, 3.8) is 0 Å². The van der Waals surface area contributed by atoms with Gasteiger partial charge >= 0.3 is 6.18 Å². The molecular weight excluding hydrogens is 257 g/mol. The minimum Gasteiger partial charge on any atom is -0.367 e. The first-order valence-electron chi connectivity index (χ1n) is 6.43. The molecule has 1 fully saturated rings. The molecule has 0 aromatic carbocycles. The normalized spacial score (nSPS) is 24.2. The zero-order valence-electron chi connectivity index (χ0n) is 10.5. The van der Waals surface area contributed by atoms with Crippen LogP contribution in [-0.2, 0) is 11.3 Å². The number of H-pyrrole nitrogens is 1. The Balaban J connectivity index is 1.76. The van der Waals surface area contributed by atoms with Gasteiger partial charge in [0.15, 0.2) is 0 Å². The Hall–Kier alpha value is -1.46. The van der Waals surface area contributed by atoms with E-state index in [1.807, 2.05) is 6.07 Å². The maximum Gasteiger partial charge on any atom is 0.391 e. The summed E-state index contributed by atoms with van der Waals surface area (Å²) in [5, 5.41) is 2.77. The number of hydrogen-bond donors (Lipinski definition) is 2. The first-order valence-corrected chi connectivity index (χ1v) is 6.43.